The first kappa shape index (κ1) is 8.41. The van der Waals surface area contributed by atoms with Gasteiger partial charge in [-0.05, 0) is 29.7 Å². The molecule has 0 spiro atoms. The standard InChI is InChI=1S/C12H9FN2/c13-9-2-4-10-8(5-9)1-3-11(10)12-6-14-7-15-12/h2-7H,1H2,(H,14,15). The fourth-order valence-corrected chi connectivity index (χ4v) is 1.97. The Labute approximate surface area is 86.5 Å². The first-order valence-electron chi connectivity index (χ1n) is 4.82. The SMILES string of the molecule is Fc1ccc2c(c1)CC=C2c1cnc[nH]1. The van der Waals surface area contributed by atoms with Gasteiger partial charge in [-0.25, -0.2) is 9.37 Å². The van der Waals surface area contributed by atoms with Crippen LogP contribution in [0, 0.1) is 5.82 Å². The molecule has 0 bridgehead atoms. The molecule has 2 aromatic rings. The van der Waals surface area contributed by atoms with Crippen molar-refractivity contribution in [3.8, 4) is 0 Å². The van der Waals surface area contributed by atoms with Crippen molar-refractivity contribution >= 4 is 5.57 Å². The van der Waals surface area contributed by atoms with Crippen LogP contribution in [-0.2, 0) is 6.42 Å². The summed E-state index contributed by atoms with van der Waals surface area (Å²) in [4.78, 5) is 7.05. The molecule has 0 saturated heterocycles. The first-order chi connectivity index (χ1) is 7.34. The highest BCUT2D eigenvalue weighted by atomic mass is 19.1. The molecule has 0 aliphatic heterocycles. The Morgan fingerprint density at radius 1 is 1.33 bits per heavy atom. The summed E-state index contributed by atoms with van der Waals surface area (Å²) in [6, 6.07) is 4.91. The normalized spacial score (nSPS) is 13.8. The average Bonchev–Trinajstić information content (AvgIpc) is 2.82. The number of nitrogens with zero attached hydrogens (tertiary/aromatic N) is 1. The van der Waals surface area contributed by atoms with Gasteiger partial charge in [0.05, 0.1) is 18.2 Å². The Balaban J connectivity index is 2.11. The van der Waals surface area contributed by atoms with Gasteiger partial charge in [-0.15, -0.1) is 0 Å². The van der Waals surface area contributed by atoms with Crippen LogP contribution < -0.4 is 0 Å². The van der Waals surface area contributed by atoms with Crippen molar-refractivity contribution in [3.05, 3.63) is 59.4 Å². The molecule has 1 N–H and O–H groups in total. The molecule has 1 aliphatic carbocycles. The van der Waals surface area contributed by atoms with Gasteiger partial charge in [-0.2, -0.15) is 0 Å². The molecule has 0 radical (unpaired) electrons. The Kier molecular flexibility index (Phi) is 1.71. The van der Waals surface area contributed by atoms with Crippen LogP contribution in [-0.4, -0.2) is 9.97 Å². The number of fused-ring (bicyclic) bond motifs is 1. The molecular formula is C12H9FN2. The number of halogens is 1. The number of imidazole rings is 1. The second kappa shape index (κ2) is 3.05. The number of rotatable bonds is 1. The molecule has 0 unspecified atom stereocenters. The highest BCUT2D eigenvalue weighted by Crippen LogP contribution is 2.31. The molecule has 2 nitrogen and oxygen atoms in total. The van der Waals surface area contributed by atoms with Crippen molar-refractivity contribution in [1.29, 1.82) is 0 Å². The zero-order valence-electron chi connectivity index (χ0n) is 8.00. The van der Waals surface area contributed by atoms with Gasteiger partial charge < -0.3 is 4.98 Å². The number of allylic oxidation sites excluding steroid dienone is 1. The lowest BCUT2D eigenvalue weighted by atomic mass is 10.0. The molecule has 0 amide bonds. The zero-order chi connectivity index (χ0) is 10.3. The Morgan fingerprint density at radius 2 is 2.27 bits per heavy atom. The van der Waals surface area contributed by atoms with Gasteiger partial charge in [-0.1, -0.05) is 12.1 Å². The number of benzene rings is 1. The van der Waals surface area contributed by atoms with Crippen LogP contribution in [0.15, 0.2) is 36.8 Å². The minimum Gasteiger partial charge on any atom is -0.345 e. The fraction of sp³-hybridized carbons (Fsp3) is 0.0833. The number of nitrogens with one attached hydrogen (secondary N) is 1. The zero-order valence-corrected chi connectivity index (χ0v) is 8.00. The van der Waals surface area contributed by atoms with Crippen molar-refractivity contribution in [1.82, 2.24) is 9.97 Å². The first-order valence-corrected chi connectivity index (χ1v) is 4.82. The lowest BCUT2D eigenvalue weighted by molar-refractivity contribution is 0.626. The third-order valence-corrected chi connectivity index (χ3v) is 2.67. The van der Waals surface area contributed by atoms with E-state index in [0.717, 1.165) is 28.8 Å². The number of hydrogen-bond donors (Lipinski definition) is 1. The largest absolute Gasteiger partial charge is 0.345 e. The molecule has 1 aromatic carbocycles. The summed E-state index contributed by atoms with van der Waals surface area (Å²) in [6.45, 7) is 0. The monoisotopic (exact) mass is 200 g/mol. The second-order valence-electron chi connectivity index (χ2n) is 3.59. The van der Waals surface area contributed by atoms with E-state index in [2.05, 4.69) is 16.0 Å². The van der Waals surface area contributed by atoms with Gasteiger partial charge in [0, 0.05) is 5.57 Å². The van der Waals surface area contributed by atoms with E-state index in [0.29, 0.717) is 0 Å². The van der Waals surface area contributed by atoms with Gasteiger partial charge in [0.1, 0.15) is 5.82 Å². The number of aromatic nitrogens is 2. The van der Waals surface area contributed by atoms with Crippen molar-refractivity contribution in [3.63, 3.8) is 0 Å². The Hall–Kier alpha value is -1.90. The molecule has 1 heterocycles. The van der Waals surface area contributed by atoms with E-state index in [-0.39, 0.29) is 5.82 Å². The predicted octanol–water partition coefficient (Wildman–Crippen LogP) is 2.54. The summed E-state index contributed by atoms with van der Waals surface area (Å²) < 4.78 is 13.0. The van der Waals surface area contributed by atoms with Crippen LogP contribution in [0.3, 0.4) is 0 Å². The lowest BCUT2D eigenvalue weighted by Crippen LogP contribution is -1.88. The van der Waals surface area contributed by atoms with E-state index in [1.165, 1.54) is 6.07 Å². The molecule has 3 rings (SSSR count). The van der Waals surface area contributed by atoms with Gasteiger partial charge in [0.25, 0.3) is 0 Å². The fourth-order valence-electron chi connectivity index (χ4n) is 1.97. The summed E-state index contributed by atoms with van der Waals surface area (Å²) in [5, 5.41) is 0. The van der Waals surface area contributed by atoms with E-state index in [9.17, 15) is 4.39 Å². The second-order valence-corrected chi connectivity index (χ2v) is 3.59. The van der Waals surface area contributed by atoms with E-state index in [1.807, 2.05) is 6.07 Å². The molecule has 0 atom stereocenters. The number of aromatic amines is 1. The third kappa shape index (κ3) is 1.28. The third-order valence-electron chi connectivity index (χ3n) is 2.67. The maximum atomic E-state index is 13.0. The quantitative estimate of drug-likeness (QED) is 0.752. The molecule has 1 aliphatic rings. The summed E-state index contributed by atoms with van der Waals surface area (Å²) >= 11 is 0. The van der Waals surface area contributed by atoms with Gasteiger partial charge >= 0.3 is 0 Å². The van der Waals surface area contributed by atoms with Gasteiger partial charge in [0.2, 0.25) is 0 Å². The average molecular weight is 200 g/mol. The molecule has 0 fully saturated rings. The van der Waals surface area contributed by atoms with Crippen LogP contribution >= 0.6 is 0 Å². The van der Waals surface area contributed by atoms with Crippen molar-refractivity contribution < 1.29 is 4.39 Å². The highest BCUT2D eigenvalue weighted by Gasteiger charge is 2.16. The van der Waals surface area contributed by atoms with E-state index in [1.54, 1.807) is 18.6 Å². The molecular weight excluding hydrogens is 191 g/mol. The number of H-pyrrole nitrogens is 1. The van der Waals surface area contributed by atoms with Crippen LogP contribution in [0.2, 0.25) is 0 Å². The van der Waals surface area contributed by atoms with Crippen LogP contribution in [0.25, 0.3) is 5.57 Å². The van der Waals surface area contributed by atoms with Crippen LogP contribution in [0.5, 0.6) is 0 Å². The maximum absolute atomic E-state index is 13.0. The molecule has 3 heteroatoms. The maximum Gasteiger partial charge on any atom is 0.123 e. The van der Waals surface area contributed by atoms with E-state index in [4.69, 9.17) is 0 Å². The van der Waals surface area contributed by atoms with Crippen LogP contribution in [0.1, 0.15) is 16.8 Å². The highest BCUT2D eigenvalue weighted by molar-refractivity contribution is 5.82. The van der Waals surface area contributed by atoms with Crippen LogP contribution in [0.4, 0.5) is 4.39 Å². The van der Waals surface area contributed by atoms with Gasteiger partial charge in [0.15, 0.2) is 0 Å². The van der Waals surface area contributed by atoms with Crippen molar-refractivity contribution in [2.75, 3.05) is 0 Å². The summed E-state index contributed by atoms with van der Waals surface area (Å²) in [5.74, 6) is -0.173. The minimum absolute atomic E-state index is 0.173. The van der Waals surface area contributed by atoms with Gasteiger partial charge in [-0.3, -0.25) is 0 Å². The lowest BCUT2D eigenvalue weighted by Gasteiger charge is -2.03. The minimum atomic E-state index is -0.173. The molecule has 0 saturated carbocycles. The summed E-state index contributed by atoms with van der Waals surface area (Å²) in [7, 11) is 0. The smallest absolute Gasteiger partial charge is 0.123 e. The van der Waals surface area contributed by atoms with Crippen molar-refractivity contribution in [2.24, 2.45) is 0 Å². The molecule has 74 valence electrons. The summed E-state index contributed by atoms with van der Waals surface area (Å²) in [5.41, 5.74) is 4.24. The number of hydrogen-bond acceptors (Lipinski definition) is 1. The molecule has 1 aromatic heterocycles. The predicted molar refractivity (Wildman–Crippen MR) is 55.8 cm³/mol. The van der Waals surface area contributed by atoms with Crippen molar-refractivity contribution in [2.45, 2.75) is 6.42 Å². The summed E-state index contributed by atoms with van der Waals surface area (Å²) in [6.07, 6.45) is 6.32. The topological polar surface area (TPSA) is 28.7 Å². The molecule has 15 heavy (non-hydrogen) atoms. The Morgan fingerprint density at radius 3 is 3.07 bits per heavy atom. The Bertz CT molecular complexity index is 527. The van der Waals surface area contributed by atoms with E-state index < -0.39 is 0 Å². The van der Waals surface area contributed by atoms with E-state index >= 15 is 0 Å².